The summed E-state index contributed by atoms with van der Waals surface area (Å²) in [7, 11) is 0. The van der Waals surface area contributed by atoms with Gasteiger partial charge in [0.05, 0.1) is 5.92 Å². The van der Waals surface area contributed by atoms with Crippen molar-refractivity contribution >= 4 is 11.6 Å². The fourth-order valence-electron chi connectivity index (χ4n) is 1.74. The van der Waals surface area contributed by atoms with Gasteiger partial charge in [0.25, 0.3) is 0 Å². The van der Waals surface area contributed by atoms with Crippen molar-refractivity contribution in [1.82, 2.24) is 0 Å². The highest BCUT2D eigenvalue weighted by Crippen LogP contribution is 2.22. The fourth-order valence-corrected chi connectivity index (χ4v) is 1.74. The summed E-state index contributed by atoms with van der Waals surface area (Å²) in [5, 5.41) is 11.6. The molecule has 1 aromatic rings. The maximum atomic E-state index is 13.0. The zero-order chi connectivity index (χ0) is 12.4. The molecule has 2 atom stereocenters. The van der Waals surface area contributed by atoms with Crippen LogP contribution in [-0.4, -0.2) is 17.1 Å². The Morgan fingerprint density at radius 2 is 2.24 bits per heavy atom. The van der Waals surface area contributed by atoms with Gasteiger partial charge in [-0.05, 0) is 18.6 Å². The minimum absolute atomic E-state index is 0.0951. The summed E-state index contributed by atoms with van der Waals surface area (Å²) >= 11 is 0. The van der Waals surface area contributed by atoms with Crippen LogP contribution >= 0.6 is 0 Å². The van der Waals surface area contributed by atoms with E-state index in [2.05, 4.69) is 5.32 Å². The van der Waals surface area contributed by atoms with Crippen LogP contribution in [0.15, 0.2) is 30.4 Å². The van der Waals surface area contributed by atoms with Gasteiger partial charge in [-0.25, -0.2) is 4.39 Å². The Morgan fingerprint density at radius 3 is 2.82 bits per heavy atom. The van der Waals surface area contributed by atoms with Gasteiger partial charge >= 0.3 is 0 Å². The third kappa shape index (κ3) is 2.62. The van der Waals surface area contributed by atoms with E-state index in [1.807, 2.05) is 0 Å². The summed E-state index contributed by atoms with van der Waals surface area (Å²) in [6, 6.07) is 3.62. The van der Waals surface area contributed by atoms with Crippen molar-refractivity contribution < 1.29 is 14.3 Å². The summed E-state index contributed by atoms with van der Waals surface area (Å²) in [5.74, 6) is -1.70. The molecule has 0 spiro atoms. The van der Waals surface area contributed by atoms with Gasteiger partial charge in [-0.15, -0.1) is 0 Å². The number of halogens is 1. The molecule has 1 amide bonds. The Labute approximate surface area is 97.9 Å². The van der Waals surface area contributed by atoms with Crippen LogP contribution in [-0.2, 0) is 4.79 Å². The molecule has 0 aliphatic heterocycles. The molecule has 2 unspecified atom stereocenters. The summed E-state index contributed by atoms with van der Waals surface area (Å²) in [4.78, 5) is 11.8. The van der Waals surface area contributed by atoms with E-state index in [4.69, 9.17) is 10.8 Å². The van der Waals surface area contributed by atoms with Gasteiger partial charge in [0.1, 0.15) is 0 Å². The highest BCUT2D eigenvalue weighted by molar-refractivity contribution is 5.94. The number of nitrogens with one attached hydrogen (secondary N) is 1. The smallest absolute Gasteiger partial charge is 0.231 e. The first-order valence-electron chi connectivity index (χ1n) is 5.29. The topological polar surface area (TPSA) is 75.4 Å². The summed E-state index contributed by atoms with van der Waals surface area (Å²) in [6.07, 6.45) is 4.09. The number of aromatic hydroxyl groups is 1. The molecule has 5 heteroatoms. The first kappa shape index (κ1) is 11.6. The number of amides is 1. The van der Waals surface area contributed by atoms with Gasteiger partial charge in [0, 0.05) is 17.8 Å². The molecular formula is C12H13FN2O2. The summed E-state index contributed by atoms with van der Waals surface area (Å²) < 4.78 is 13.0. The standard InChI is InChI=1S/C12H13FN2O2/c13-10-6-9(3-4-11(10)16)15-12(17)7-1-2-8(14)5-7/h1-4,6-8,16H,5,14H2,(H,15,17). The Bertz CT molecular complexity index is 474. The molecular weight excluding hydrogens is 223 g/mol. The normalized spacial score (nSPS) is 22.7. The fraction of sp³-hybridized carbons (Fsp3) is 0.250. The van der Waals surface area contributed by atoms with Gasteiger partial charge in [-0.3, -0.25) is 4.79 Å². The van der Waals surface area contributed by atoms with Crippen molar-refractivity contribution in [2.24, 2.45) is 11.7 Å². The average molecular weight is 236 g/mol. The lowest BCUT2D eigenvalue weighted by atomic mass is 10.1. The number of hydrogen-bond acceptors (Lipinski definition) is 3. The number of carbonyl (C=O) groups excluding carboxylic acids is 1. The van der Waals surface area contributed by atoms with Crippen molar-refractivity contribution in [3.8, 4) is 5.75 Å². The average Bonchev–Trinajstić information content (AvgIpc) is 2.70. The first-order chi connectivity index (χ1) is 8.06. The van der Waals surface area contributed by atoms with Crippen molar-refractivity contribution in [2.45, 2.75) is 12.5 Å². The second-order valence-corrected chi connectivity index (χ2v) is 4.05. The van der Waals surface area contributed by atoms with E-state index < -0.39 is 11.6 Å². The summed E-state index contributed by atoms with van der Waals surface area (Å²) in [6.45, 7) is 0. The SMILES string of the molecule is NC1C=CC(C(=O)Nc2ccc(O)c(F)c2)C1. The third-order valence-corrected chi connectivity index (χ3v) is 2.67. The Morgan fingerprint density at radius 1 is 1.47 bits per heavy atom. The van der Waals surface area contributed by atoms with Crippen LogP contribution in [0.5, 0.6) is 5.75 Å². The van der Waals surface area contributed by atoms with E-state index >= 15 is 0 Å². The number of nitrogens with two attached hydrogens (primary N) is 1. The quantitative estimate of drug-likeness (QED) is 0.536. The predicted octanol–water partition coefficient (Wildman–Crippen LogP) is 1.37. The van der Waals surface area contributed by atoms with Crippen molar-refractivity contribution in [1.29, 1.82) is 0 Å². The highest BCUT2D eigenvalue weighted by Gasteiger charge is 2.22. The predicted molar refractivity (Wildman–Crippen MR) is 61.9 cm³/mol. The highest BCUT2D eigenvalue weighted by atomic mass is 19.1. The maximum Gasteiger partial charge on any atom is 0.231 e. The van der Waals surface area contributed by atoms with Crippen LogP contribution < -0.4 is 11.1 Å². The molecule has 1 aromatic carbocycles. The number of rotatable bonds is 2. The van der Waals surface area contributed by atoms with Crippen LogP contribution in [0.2, 0.25) is 0 Å². The lowest BCUT2D eigenvalue weighted by Crippen LogP contribution is -2.23. The molecule has 1 aliphatic rings. The lowest BCUT2D eigenvalue weighted by Gasteiger charge is -2.10. The van der Waals surface area contributed by atoms with Crippen LogP contribution in [0.3, 0.4) is 0 Å². The van der Waals surface area contributed by atoms with Gasteiger partial charge < -0.3 is 16.2 Å². The molecule has 1 aliphatic carbocycles. The van der Waals surface area contributed by atoms with E-state index in [9.17, 15) is 9.18 Å². The van der Waals surface area contributed by atoms with Crippen LogP contribution in [0.4, 0.5) is 10.1 Å². The molecule has 90 valence electrons. The van der Waals surface area contributed by atoms with Crippen LogP contribution in [0.1, 0.15) is 6.42 Å². The molecule has 4 nitrogen and oxygen atoms in total. The monoisotopic (exact) mass is 236 g/mol. The Kier molecular flexibility index (Phi) is 3.10. The Hall–Kier alpha value is -1.88. The second kappa shape index (κ2) is 4.55. The van der Waals surface area contributed by atoms with Gasteiger partial charge in [0.15, 0.2) is 11.6 Å². The molecule has 17 heavy (non-hydrogen) atoms. The molecule has 4 N–H and O–H groups in total. The van der Waals surface area contributed by atoms with E-state index in [-0.39, 0.29) is 17.9 Å². The number of hydrogen-bond donors (Lipinski definition) is 3. The van der Waals surface area contributed by atoms with Crippen LogP contribution in [0, 0.1) is 11.7 Å². The van der Waals surface area contributed by atoms with Gasteiger partial charge in [0.2, 0.25) is 5.91 Å². The van der Waals surface area contributed by atoms with E-state index in [1.165, 1.54) is 12.1 Å². The number of phenols is 1. The van der Waals surface area contributed by atoms with Gasteiger partial charge in [-0.1, -0.05) is 12.2 Å². The van der Waals surface area contributed by atoms with E-state index in [0.717, 1.165) is 6.07 Å². The first-order valence-corrected chi connectivity index (χ1v) is 5.29. The Balaban J connectivity index is 2.03. The minimum atomic E-state index is -0.763. The zero-order valence-electron chi connectivity index (χ0n) is 9.06. The molecule has 0 bridgehead atoms. The molecule has 0 heterocycles. The molecule has 0 saturated carbocycles. The second-order valence-electron chi connectivity index (χ2n) is 4.05. The largest absolute Gasteiger partial charge is 0.505 e. The summed E-state index contributed by atoms with van der Waals surface area (Å²) in [5.41, 5.74) is 5.96. The number of benzene rings is 1. The van der Waals surface area contributed by atoms with Crippen molar-refractivity contribution in [3.63, 3.8) is 0 Å². The van der Waals surface area contributed by atoms with Gasteiger partial charge in [-0.2, -0.15) is 0 Å². The maximum absolute atomic E-state index is 13.0. The molecule has 0 radical (unpaired) electrons. The van der Waals surface area contributed by atoms with Crippen molar-refractivity contribution in [3.05, 3.63) is 36.2 Å². The molecule has 0 saturated heterocycles. The van der Waals surface area contributed by atoms with E-state index in [0.29, 0.717) is 12.1 Å². The number of carbonyl (C=O) groups is 1. The third-order valence-electron chi connectivity index (χ3n) is 2.67. The number of phenolic OH excluding ortho intramolecular Hbond substituents is 1. The molecule has 2 rings (SSSR count). The minimum Gasteiger partial charge on any atom is -0.505 e. The lowest BCUT2D eigenvalue weighted by molar-refractivity contribution is -0.118. The van der Waals surface area contributed by atoms with Crippen LogP contribution in [0.25, 0.3) is 0 Å². The zero-order valence-corrected chi connectivity index (χ0v) is 9.06. The number of anilines is 1. The molecule has 0 aromatic heterocycles. The van der Waals surface area contributed by atoms with E-state index in [1.54, 1.807) is 12.2 Å². The molecule has 0 fully saturated rings. The van der Waals surface area contributed by atoms with Crippen molar-refractivity contribution in [2.75, 3.05) is 5.32 Å².